The number of aromatic nitrogens is 1. The van der Waals surface area contributed by atoms with Crippen LogP contribution in [0.4, 0.5) is 0 Å². The molecule has 7 nitrogen and oxygen atoms in total. The molecule has 2 fully saturated rings. The number of aliphatic hydroxyl groups excluding tert-OH is 1. The second-order valence-electron chi connectivity index (χ2n) is 11.1. The van der Waals surface area contributed by atoms with E-state index in [1.54, 1.807) is 24.3 Å². The zero-order valence-electron chi connectivity index (χ0n) is 23.7. The molecule has 2 saturated heterocycles. The first kappa shape index (κ1) is 27.8. The molecule has 1 N–H and O–H groups in total. The van der Waals surface area contributed by atoms with Gasteiger partial charge < -0.3 is 14.9 Å². The Morgan fingerprint density at radius 1 is 0.643 bits per heavy atom. The average molecular weight is 561 g/mol. The van der Waals surface area contributed by atoms with Crippen molar-refractivity contribution in [3.05, 3.63) is 114 Å². The van der Waals surface area contributed by atoms with E-state index in [0.717, 1.165) is 67.1 Å². The number of rotatable bonds is 6. The lowest BCUT2D eigenvalue weighted by Gasteiger charge is -2.42. The van der Waals surface area contributed by atoms with Crippen molar-refractivity contribution in [1.82, 2.24) is 19.7 Å². The molecule has 0 atom stereocenters. The summed E-state index contributed by atoms with van der Waals surface area (Å²) in [4.78, 5) is 38.0. The summed E-state index contributed by atoms with van der Waals surface area (Å²) in [6, 6.07) is 31.5. The molecule has 2 aliphatic rings. The maximum Gasteiger partial charge on any atom is 0.254 e. The van der Waals surface area contributed by atoms with Gasteiger partial charge in [-0.05, 0) is 42.7 Å². The smallest absolute Gasteiger partial charge is 0.254 e. The summed E-state index contributed by atoms with van der Waals surface area (Å²) in [5, 5.41) is 9.26. The van der Waals surface area contributed by atoms with Crippen LogP contribution in [0.2, 0.25) is 0 Å². The predicted molar refractivity (Wildman–Crippen MR) is 164 cm³/mol. The van der Waals surface area contributed by atoms with Crippen molar-refractivity contribution in [1.29, 1.82) is 0 Å². The molecule has 0 bridgehead atoms. The molecular weight excluding hydrogens is 524 g/mol. The Morgan fingerprint density at radius 2 is 1.14 bits per heavy atom. The zero-order valence-corrected chi connectivity index (χ0v) is 23.7. The molecule has 2 aliphatic heterocycles. The number of amides is 2. The van der Waals surface area contributed by atoms with E-state index in [4.69, 9.17) is 4.98 Å². The van der Waals surface area contributed by atoms with Crippen molar-refractivity contribution >= 4 is 11.8 Å². The van der Waals surface area contributed by atoms with Crippen molar-refractivity contribution in [2.45, 2.75) is 25.5 Å². The first-order chi connectivity index (χ1) is 20.6. The number of piperazine rings is 1. The molecule has 4 aromatic rings. The van der Waals surface area contributed by atoms with Crippen molar-refractivity contribution < 1.29 is 14.7 Å². The first-order valence-electron chi connectivity index (χ1n) is 14.7. The van der Waals surface area contributed by atoms with Gasteiger partial charge in [0.2, 0.25) is 0 Å². The zero-order chi connectivity index (χ0) is 28.9. The van der Waals surface area contributed by atoms with Gasteiger partial charge in [0.15, 0.2) is 0 Å². The largest absolute Gasteiger partial charge is 0.392 e. The average Bonchev–Trinajstić information content (AvgIpc) is 3.08. The Bertz CT molecular complexity index is 1450. The highest BCUT2D eigenvalue weighted by Crippen LogP contribution is 2.26. The molecule has 1 aromatic heterocycles. The monoisotopic (exact) mass is 560 g/mol. The molecule has 6 rings (SSSR count). The minimum absolute atomic E-state index is 0.0231. The number of hydrogen-bond acceptors (Lipinski definition) is 5. The lowest BCUT2D eigenvalue weighted by molar-refractivity contribution is 0.0412. The Hall–Kier alpha value is -4.33. The normalized spacial score (nSPS) is 16.4. The molecule has 3 aromatic carbocycles. The number of hydrogen-bond donors (Lipinski definition) is 1. The molecule has 214 valence electrons. The van der Waals surface area contributed by atoms with Crippen molar-refractivity contribution in [3.63, 3.8) is 0 Å². The van der Waals surface area contributed by atoms with Crippen molar-refractivity contribution in [2.24, 2.45) is 0 Å². The highest BCUT2D eigenvalue weighted by molar-refractivity contribution is 5.96. The fourth-order valence-electron chi connectivity index (χ4n) is 6.01. The molecule has 0 aliphatic carbocycles. The van der Waals surface area contributed by atoms with E-state index >= 15 is 0 Å². The minimum atomic E-state index is -0.0231. The molecule has 0 spiro atoms. The topological polar surface area (TPSA) is 77.0 Å². The van der Waals surface area contributed by atoms with Gasteiger partial charge in [0.25, 0.3) is 11.8 Å². The Morgan fingerprint density at radius 3 is 1.67 bits per heavy atom. The van der Waals surface area contributed by atoms with Crippen molar-refractivity contribution in [2.75, 3.05) is 39.3 Å². The highest BCUT2D eigenvalue weighted by atomic mass is 16.3. The van der Waals surface area contributed by atoms with Gasteiger partial charge >= 0.3 is 0 Å². The van der Waals surface area contributed by atoms with Crippen LogP contribution in [-0.4, -0.2) is 81.9 Å². The number of carbonyl (C=O) groups is 2. The van der Waals surface area contributed by atoms with Crippen LogP contribution in [0.15, 0.2) is 97.1 Å². The van der Waals surface area contributed by atoms with Crippen LogP contribution in [0.3, 0.4) is 0 Å². The van der Waals surface area contributed by atoms with Crippen LogP contribution in [0.5, 0.6) is 0 Å². The van der Waals surface area contributed by atoms with E-state index in [-0.39, 0.29) is 18.4 Å². The summed E-state index contributed by atoms with van der Waals surface area (Å²) in [5.74, 6) is 0.0921. The molecule has 7 heteroatoms. The van der Waals surface area contributed by atoms with Gasteiger partial charge in [-0.2, -0.15) is 0 Å². The Balaban J connectivity index is 1.09. The number of aliphatic hydroxyl groups is 1. The van der Waals surface area contributed by atoms with E-state index < -0.39 is 0 Å². The number of pyridine rings is 1. The maximum atomic E-state index is 13.8. The SMILES string of the molecule is O=C(c1ccc(CO)cc1)N1CCC(N2CCN(C(=O)c3cc(-c4ccccc4)nc(-c4ccccc4)c3)CC2)CC1. The molecule has 42 heavy (non-hydrogen) atoms. The third-order valence-corrected chi connectivity index (χ3v) is 8.46. The molecule has 0 radical (unpaired) electrons. The highest BCUT2D eigenvalue weighted by Gasteiger charge is 2.31. The van der Waals surface area contributed by atoms with Crippen LogP contribution in [-0.2, 0) is 6.61 Å². The summed E-state index contributed by atoms with van der Waals surface area (Å²) >= 11 is 0. The van der Waals surface area contributed by atoms with Gasteiger partial charge in [-0.25, -0.2) is 4.98 Å². The van der Waals surface area contributed by atoms with E-state index in [1.165, 1.54) is 0 Å². The second-order valence-corrected chi connectivity index (χ2v) is 11.1. The Kier molecular flexibility index (Phi) is 8.40. The van der Waals surface area contributed by atoms with Crippen LogP contribution in [0, 0.1) is 0 Å². The molecule has 3 heterocycles. The Labute approximate surface area is 247 Å². The van der Waals surface area contributed by atoms with E-state index in [1.807, 2.05) is 82.6 Å². The van der Waals surface area contributed by atoms with E-state index in [0.29, 0.717) is 30.3 Å². The fraction of sp³-hybridized carbons (Fsp3) is 0.286. The van der Waals surface area contributed by atoms with E-state index in [9.17, 15) is 14.7 Å². The second kappa shape index (κ2) is 12.7. The number of likely N-dealkylation sites (tertiary alicyclic amines) is 1. The van der Waals surface area contributed by atoms with Gasteiger partial charge in [0.1, 0.15) is 0 Å². The van der Waals surface area contributed by atoms with Gasteiger partial charge in [-0.3, -0.25) is 14.5 Å². The molecule has 0 saturated carbocycles. The quantitative estimate of drug-likeness (QED) is 0.360. The van der Waals surface area contributed by atoms with Gasteiger partial charge in [0, 0.05) is 67.6 Å². The standard InChI is InChI=1S/C35H36N4O3/c40-25-26-11-13-29(14-12-26)34(41)38-17-15-31(16-18-38)37-19-21-39(22-20-37)35(42)30-23-32(27-7-3-1-4-8-27)36-33(24-30)28-9-5-2-6-10-28/h1-14,23-24,31,40H,15-22,25H2. The fourth-order valence-corrected chi connectivity index (χ4v) is 6.01. The molecular formula is C35H36N4O3. The van der Waals surface area contributed by atoms with Gasteiger partial charge in [-0.1, -0.05) is 72.8 Å². The maximum absolute atomic E-state index is 13.8. The lowest BCUT2D eigenvalue weighted by atomic mass is 10.0. The number of benzene rings is 3. The van der Waals surface area contributed by atoms with Crippen LogP contribution >= 0.6 is 0 Å². The summed E-state index contributed by atoms with van der Waals surface area (Å²) in [6.07, 6.45) is 1.86. The van der Waals surface area contributed by atoms with Crippen LogP contribution < -0.4 is 0 Å². The predicted octanol–water partition coefficient (Wildman–Crippen LogP) is 4.97. The summed E-state index contributed by atoms with van der Waals surface area (Å²) in [5.41, 5.74) is 5.70. The third-order valence-electron chi connectivity index (χ3n) is 8.46. The summed E-state index contributed by atoms with van der Waals surface area (Å²) < 4.78 is 0. The van der Waals surface area contributed by atoms with Crippen LogP contribution in [0.1, 0.15) is 39.1 Å². The van der Waals surface area contributed by atoms with E-state index in [2.05, 4.69) is 4.90 Å². The lowest BCUT2D eigenvalue weighted by Crippen LogP contribution is -2.54. The first-order valence-corrected chi connectivity index (χ1v) is 14.7. The number of carbonyl (C=O) groups excluding carboxylic acids is 2. The van der Waals surface area contributed by atoms with Gasteiger partial charge in [0.05, 0.1) is 18.0 Å². The van der Waals surface area contributed by atoms with Crippen LogP contribution in [0.25, 0.3) is 22.5 Å². The molecule has 2 amide bonds. The van der Waals surface area contributed by atoms with Crippen molar-refractivity contribution in [3.8, 4) is 22.5 Å². The minimum Gasteiger partial charge on any atom is -0.392 e. The summed E-state index contributed by atoms with van der Waals surface area (Å²) in [7, 11) is 0. The number of nitrogens with zero attached hydrogens (tertiary/aromatic N) is 4. The third kappa shape index (κ3) is 6.12. The number of piperidine rings is 1. The van der Waals surface area contributed by atoms with Gasteiger partial charge in [-0.15, -0.1) is 0 Å². The molecule has 0 unspecified atom stereocenters. The summed E-state index contributed by atoms with van der Waals surface area (Å²) in [6.45, 7) is 4.45.